The number of allylic oxidation sites excluding steroid dienone is 1. The molecule has 0 bridgehead atoms. The van der Waals surface area contributed by atoms with E-state index in [0.717, 1.165) is 25.7 Å². The molecular formula is C21H32N2O3. The van der Waals surface area contributed by atoms with E-state index in [4.69, 9.17) is 11.5 Å². The molecule has 0 aromatic carbocycles. The third-order valence-electron chi connectivity index (χ3n) is 8.17. The highest BCUT2D eigenvalue weighted by Gasteiger charge is 2.62. The van der Waals surface area contributed by atoms with Crippen molar-refractivity contribution in [2.45, 2.75) is 58.0 Å². The van der Waals surface area contributed by atoms with E-state index in [0.29, 0.717) is 6.42 Å². The molecule has 144 valence electrons. The van der Waals surface area contributed by atoms with Gasteiger partial charge in [-0.2, -0.15) is 0 Å². The van der Waals surface area contributed by atoms with Crippen molar-refractivity contribution in [3.05, 3.63) is 11.6 Å². The number of aliphatic hydroxyl groups is 1. The van der Waals surface area contributed by atoms with Crippen LogP contribution in [0, 0.1) is 40.9 Å². The zero-order valence-electron chi connectivity index (χ0n) is 15.9. The molecule has 0 heterocycles. The van der Waals surface area contributed by atoms with Gasteiger partial charge in [0.1, 0.15) is 11.6 Å². The summed E-state index contributed by atoms with van der Waals surface area (Å²) in [5.74, 6) is -0.195. The number of carbonyl (C=O) groups is 2. The Morgan fingerprint density at radius 1 is 1.31 bits per heavy atom. The first-order valence-corrected chi connectivity index (χ1v) is 10.2. The minimum atomic E-state index is -0.449. The van der Waals surface area contributed by atoms with Gasteiger partial charge in [0, 0.05) is 36.3 Å². The van der Waals surface area contributed by atoms with Crippen LogP contribution in [0.4, 0.5) is 0 Å². The molecule has 0 saturated heterocycles. The van der Waals surface area contributed by atoms with Gasteiger partial charge in [0.05, 0.1) is 6.61 Å². The summed E-state index contributed by atoms with van der Waals surface area (Å²) in [5, 5.41) is 10.1. The van der Waals surface area contributed by atoms with Crippen molar-refractivity contribution < 1.29 is 14.7 Å². The van der Waals surface area contributed by atoms with Crippen LogP contribution >= 0.6 is 0 Å². The Bertz CT molecular complexity index is 658. The van der Waals surface area contributed by atoms with Gasteiger partial charge in [0.25, 0.3) is 0 Å². The van der Waals surface area contributed by atoms with Gasteiger partial charge < -0.3 is 16.6 Å². The van der Waals surface area contributed by atoms with Crippen molar-refractivity contribution in [2.75, 3.05) is 6.61 Å². The fourth-order valence-corrected chi connectivity index (χ4v) is 7.02. The fraction of sp³-hybridized carbons (Fsp3) is 0.810. The highest BCUT2D eigenvalue weighted by molar-refractivity contribution is 5.91. The van der Waals surface area contributed by atoms with E-state index >= 15 is 0 Å². The van der Waals surface area contributed by atoms with Crippen molar-refractivity contribution in [1.29, 1.82) is 0 Å². The maximum Gasteiger partial charge on any atom is 0.142 e. The molecule has 9 atom stereocenters. The molecule has 26 heavy (non-hydrogen) atoms. The van der Waals surface area contributed by atoms with E-state index in [1.807, 2.05) is 6.92 Å². The minimum Gasteiger partial charge on any atom is -0.396 e. The van der Waals surface area contributed by atoms with Gasteiger partial charge in [-0.25, -0.2) is 0 Å². The Morgan fingerprint density at radius 3 is 2.69 bits per heavy atom. The summed E-state index contributed by atoms with van der Waals surface area (Å²) in [5.41, 5.74) is 13.5. The van der Waals surface area contributed by atoms with E-state index in [2.05, 4.69) is 13.0 Å². The van der Waals surface area contributed by atoms with Gasteiger partial charge in [-0.1, -0.05) is 18.6 Å². The summed E-state index contributed by atoms with van der Waals surface area (Å²) in [6.07, 6.45) is 6.41. The maximum absolute atomic E-state index is 13.6. The van der Waals surface area contributed by atoms with Crippen molar-refractivity contribution in [3.8, 4) is 0 Å². The topological polar surface area (TPSA) is 106 Å². The van der Waals surface area contributed by atoms with Crippen LogP contribution in [0.5, 0.6) is 0 Å². The largest absolute Gasteiger partial charge is 0.396 e. The normalized spacial score (nSPS) is 49.1. The second-order valence-electron chi connectivity index (χ2n) is 9.51. The summed E-state index contributed by atoms with van der Waals surface area (Å²) in [4.78, 5) is 26.3. The highest BCUT2D eigenvalue weighted by Crippen LogP contribution is 2.61. The third-order valence-corrected chi connectivity index (χ3v) is 8.17. The van der Waals surface area contributed by atoms with Crippen LogP contribution in [0.15, 0.2) is 11.6 Å². The maximum atomic E-state index is 13.6. The van der Waals surface area contributed by atoms with E-state index in [-0.39, 0.29) is 65.3 Å². The third kappa shape index (κ3) is 2.40. The Labute approximate surface area is 155 Å². The first-order chi connectivity index (χ1) is 12.3. The molecule has 5 N–H and O–H groups in total. The SMILES string of the molecule is CC(N)C1C(=O)CC2C3CC=C4CC(N)CCC4(C)C3C(=O)C(CO)C21. The molecule has 0 spiro atoms. The smallest absolute Gasteiger partial charge is 0.142 e. The lowest BCUT2D eigenvalue weighted by Gasteiger charge is -2.56. The molecule has 5 nitrogen and oxygen atoms in total. The summed E-state index contributed by atoms with van der Waals surface area (Å²) in [7, 11) is 0. The Kier molecular flexibility index (Phi) is 4.41. The summed E-state index contributed by atoms with van der Waals surface area (Å²) in [6, 6.07) is -0.0876. The number of rotatable bonds is 2. The van der Waals surface area contributed by atoms with Crippen LogP contribution in [0.2, 0.25) is 0 Å². The van der Waals surface area contributed by atoms with Gasteiger partial charge in [0.2, 0.25) is 0 Å². The van der Waals surface area contributed by atoms with Crippen molar-refractivity contribution in [2.24, 2.45) is 52.4 Å². The first-order valence-electron chi connectivity index (χ1n) is 10.2. The predicted octanol–water partition coefficient (Wildman–Crippen LogP) is 1.43. The number of Topliss-reactive ketones (excluding diaryl/α,β-unsaturated/α-hetero) is 2. The van der Waals surface area contributed by atoms with Gasteiger partial charge in [0.15, 0.2) is 0 Å². The van der Waals surface area contributed by atoms with Crippen LogP contribution in [0.3, 0.4) is 0 Å². The van der Waals surface area contributed by atoms with E-state index in [1.165, 1.54) is 5.57 Å². The van der Waals surface area contributed by atoms with Crippen molar-refractivity contribution >= 4 is 11.6 Å². The minimum absolute atomic E-state index is 0.0898. The molecule has 4 aliphatic rings. The second kappa shape index (κ2) is 6.25. The molecule has 3 saturated carbocycles. The monoisotopic (exact) mass is 360 g/mol. The fourth-order valence-electron chi connectivity index (χ4n) is 7.02. The lowest BCUT2D eigenvalue weighted by molar-refractivity contribution is -0.148. The number of hydrogen-bond acceptors (Lipinski definition) is 5. The summed E-state index contributed by atoms with van der Waals surface area (Å²) in [6.45, 7) is 3.90. The van der Waals surface area contributed by atoms with Gasteiger partial charge in [-0.05, 0) is 55.8 Å². The quantitative estimate of drug-likeness (QED) is 0.646. The van der Waals surface area contributed by atoms with Gasteiger partial charge >= 0.3 is 0 Å². The molecule has 3 fully saturated rings. The molecule has 0 aromatic rings. The number of carbonyl (C=O) groups excluding carboxylic acids is 2. The van der Waals surface area contributed by atoms with E-state index in [9.17, 15) is 14.7 Å². The van der Waals surface area contributed by atoms with Crippen LogP contribution < -0.4 is 11.5 Å². The molecule has 4 aliphatic carbocycles. The number of ketones is 2. The van der Waals surface area contributed by atoms with Crippen molar-refractivity contribution in [3.63, 3.8) is 0 Å². The summed E-state index contributed by atoms with van der Waals surface area (Å²) >= 11 is 0. The molecule has 5 heteroatoms. The zero-order chi connectivity index (χ0) is 18.8. The molecule has 9 unspecified atom stereocenters. The van der Waals surface area contributed by atoms with E-state index < -0.39 is 5.92 Å². The molecule has 0 aromatic heterocycles. The lowest BCUT2D eigenvalue weighted by Crippen LogP contribution is -2.57. The lowest BCUT2D eigenvalue weighted by atomic mass is 9.47. The number of fused-ring (bicyclic) bond motifs is 5. The number of hydrogen-bond donors (Lipinski definition) is 3. The van der Waals surface area contributed by atoms with Gasteiger partial charge in [-0.15, -0.1) is 0 Å². The molecule has 0 aliphatic heterocycles. The standard InChI is InChI=1S/C21H32N2O3/c1-10(22)17-16(25)8-14-13-4-3-11-7-12(23)5-6-21(11,2)19(13)20(26)15(9-24)18(14)17/h3,10,12-15,17-19,24H,4-9,22-23H2,1-2H3. The van der Waals surface area contributed by atoms with Crippen LogP contribution in [-0.2, 0) is 9.59 Å². The van der Waals surface area contributed by atoms with Crippen LogP contribution in [-0.4, -0.2) is 35.4 Å². The second-order valence-corrected chi connectivity index (χ2v) is 9.51. The van der Waals surface area contributed by atoms with Crippen molar-refractivity contribution in [1.82, 2.24) is 0 Å². The Morgan fingerprint density at radius 2 is 2.04 bits per heavy atom. The number of aliphatic hydroxyl groups excluding tert-OH is 1. The highest BCUT2D eigenvalue weighted by atomic mass is 16.3. The molecular weight excluding hydrogens is 328 g/mol. The Hall–Kier alpha value is -1.04. The predicted molar refractivity (Wildman–Crippen MR) is 98.9 cm³/mol. The average Bonchev–Trinajstić information content (AvgIpc) is 2.92. The molecule has 0 radical (unpaired) electrons. The van der Waals surface area contributed by atoms with Crippen LogP contribution in [0.25, 0.3) is 0 Å². The zero-order valence-corrected chi connectivity index (χ0v) is 15.9. The molecule has 0 amide bonds. The van der Waals surface area contributed by atoms with Crippen LogP contribution in [0.1, 0.15) is 46.0 Å². The summed E-state index contributed by atoms with van der Waals surface area (Å²) < 4.78 is 0. The average molecular weight is 360 g/mol. The van der Waals surface area contributed by atoms with Gasteiger partial charge in [-0.3, -0.25) is 9.59 Å². The number of nitrogens with two attached hydrogens (primary N) is 2. The molecule has 4 rings (SSSR count). The first kappa shape index (κ1) is 18.3. The van der Waals surface area contributed by atoms with E-state index in [1.54, 1.807) is 0 Å². The Balaban J connectivity index is 1.77.